The zero-order chi connectivity index (χ0) is 13.3. The Bertz CT molecular complexity index is 468. The van der Waals surface area contributed by atoms with Gasteiger partial charge in [-0.1, -0.05) is 23.2 Å². The molecule has 1 aromatic carbocycles. The minimum Gasteiger partial charge on any atom is -0.326 e. The van der Waals surface area contributed by atoms with Crippen molar-refractivity contribution in [3.63, 3.8) is 0 Å². The SMILES string of the molecule is O=C(CC1(CS)CC1)Nc1cc(Cl)c(F)c(Cl)c1. The number of carbonyl (C=O) groups excluding carboxylic acids is 1. The molecule has 1 amide bonds. The molecule has 2 rings (SSSR count). The maximum Gasteiger partial charge on any atom is 0.224 e. The van der Waals surface area contributed by atoms with Crippen molar-refractivity contribution in [3.05, 3.63) is 28.0 Å². The standard InChI is InChI=1S/C12H12Cl2FNOS/c13-8-3-7(4-9(14)11(8)15)16-10(17)5-12(6-18)1-2-12/h3-4,18H,1-2,5-6H2,(H,16,17). The first-order valence-corrected chi connectivity index (χ1v) is 6.90. The molecule has 1 N–H and O–H groups in total. The van der Waals surface area contributed by atoms with Gasteiger partial charge in [0.15, 0.2) is 5.82 Å². The summed E-state index contributed by atoms with van der Waals surface area (Å²) in [6.45, 7) is 0. The lowest BCUT2D eigenvalue weighted by Crippen LogP contribution is -2.18. The van der Waals surface area contributed by atoms with Gasteiger partial charge in [-0.15, -0.1) is 0 Å². The minimum absolute atomic E-state index is 0.0425. The van der Waals surface area contributed by atoms with Gasteiger partial charge >= 0.3 is 0 Å². The van der Waals surface area contributed by atoms with E-state index in [-0.39, 0.29) is 21.4 Å². The lowest BCUT2D eigenvalue weighted by atomic mass is 10.1. The number of hydrogen-bond donors (Lipinski definition) is 2. The molecule has 0 aromatic heterocycles. The number of halogens is 3. The van der Waals surface area contributed by atoms with Crippen LogP contribution in [0.1, 0.15) is 19.3 Å². The minimum atomic E-state index is -0.676. The summed E-state index contributed by atoms with van der Waals surface area (Å²) in [7, 11) is 0. The van der Waals surface area contributed by atoms with Crippen LogP contribution in [0.25, 0.3) is 0 Å². The average molecular weight is 308 g/mol. The maximum absolute atomic E-state index is 13.2. The van der Waals surface area contributed by atoms with Gasteiger partial charge in [-0.25, -0.2) is 4.39 Å². The van der Waals surface area contributed by atoms with E-state index < -0.39 is 5.82 Å². The highest BCUT2D eigenvalue weighted by Crippen LogP contribution is 2.49. The predicted octanol–water partition coefficient (Wildman–Crippen LogP) is 4.17. The van der Waals surface area contributed by atoms with E-state index in [9.17, 15) is 9.18 Å². The quantitative estimate of drug-likeness (QED) is 0.634. The zero-order valence-electron chi connectivity index (χ0n) is 9.47. The molecule has 18 heavy (non-hydrogen) atoms. The molecule has 0 spiro atoms. The van der Waals surface area contributed by atoms with Crippen molar-refractivity contribution in [2.45, 2.75) is 19.3 Å². The van der Waals surface area contributed by atoms with Crippen LogP contribution in [0.4, 0.5) is 10.1 Å². The second kappa shape index (κ2) is 5.27. The third-order valence-electron chi connectivity index (χ3n) is 3.10. The summed E-state index contributed by atoms with van der Waals surface area (Å²) in [4.78, 5) is 11.8. The van der Waals surface area contributed by atoms with Crippen LogP contribution in [0.3, 0.4) is 0 Å². The first-order chi connectivity index (χ1) is 8.46. The zero-order valence-corrected chi connectivity index (χ0v) is 11.9. The normalized spacial score (nSPS) is 16.4. The van der Waals surface area contributed by atoms with Crippen LogP contribution in [0, 0.1) is 11.2 Å². The molecule has 1 fully saturated rings. The molecule has 0 bridgehead atoms. The summed E-state index contributed by atoms with van der Waals surface area (Å²) in [5.74, 6) is -0.101. The van der Waals surface area contributed by atoms with Crippen molar-refractivity contribution < 1.29 is 9.18 Å². The Kier molecular flexibility index (Phi) is 4.09. The summed E-state index contributed by atoms with van der Waals surface area (Å²) in [6, 6.07) is 2.70. The molecule has 0 atom stereocenters. The second-order valence-electron chi connectivity index (χ2n) is 4.64. The largest absolute Gasteiger partial charge is 0.326 e. The first kappa shape index (κ1) is 14.0. The third-order valence-corrected chi connectivity index (χ3v) is 4.32. The van der Waals surface area contributed by atoms with E-state index in [0.717, 1.165) is 12.8 Å². The summed E-state index contributed by atoms with van der Waals surface area (Å²) < 4.78 is 13.2. The van der Waals surface area contributed by atoms with Gasteiger partial charge in [-0.2, -0.15) is 12.6 Å². The monoisotopic (exact) mass is 307 g/mol. The van der Waals surface area contributed by atoms with Crippen LogP contribution < -0.4 is 5.32 Å². The average Bonchev–Trinajstić information content (AvgIpc) is 3.06. The molecule has 1 saturated carbocycles. The fourth-order valence-electron chi connectivity index (χ4n) is 1.74. The highest BCUT2D eigenvalue weighted by Gasteiger charge is 2.42. The van der Waals surface area contributed by atoms with Crippen LogP contribution in [0.5, 0.6) is 0 Å². The Morgan fingerprint density at radius 2 is 1.94 bits per heavy atom. The van der Waals surface area contributed by atoms with Gasteiger partial charge in [-0.3, -0.25) is 4.79 Å². The Labute approximate surface area is 120 Å². The van der Waals surface area contributed by atoms with Gasteiger partial charge in [0.1, 0.15) is 0 Å². The number of amides is 1. The fourth-order valence-corrected chi connectivity index (χ4v) is 2.66. The highest BCUT2D eigenvalue weighted by atomic mass is 35.5. The predicted molar refractivity (Wildman–Crippen MR) is 75.2 cm³/mol. The topological polar surface area (TPSA) is 29.1 Å². The number of benzene rings is 1. The van der Waals surface area contributed by atoms with Crippen molar-refractivity contribution in [1.82, 2.24) is 0 Å². The van der Waals surface area contributed by atoms with Crippen molar-refractivity contribution in [3.8, 4) is 0 Å². The van der Waals surface area contributed by atoms with E-state index >= 15 is 0 Å². The van der Waals surface area contributed by atoms with Gasteiger partial charge in [0.25, 0.3) is 0 Å². The van der Waals surface area contributed by atoms with E-state index in [1.165, 1.54) is 12.1 Å². The van der Waals surface area contributed by atoms with Crippen molar-refractivity contribution in [2.24, 2.45) is 5.41 Å². The molecule has 98 valence electrons. The fraction of sp³-hybridized carbons (Fsp3) is 0.417. The molecule has 0 aliphatic heterocycles. The van der Waals surface area contributed by atoms with Gasteiger partial charge in [0, 0.05) is 12.1 Å². The van der Waals surface area contributed by atoms with Crippen LogP contribution in [0.15, 0.2) is 12.1 Å². The van der Waals surface area contributed by atoms with Crippen LogP contribution in [-0.4, -0.2) is 11.7 Å². The number of rotatable bonds is 4. The summed E-state index contributed by atoms with van der Waals surface area (Å²) in [5.41, 5.74) is 0.451. The van der Waals surface area contributed by atoms with E-state index in [2.05, 4.69) is 17.9 Å². The summed E-state index contributed by atoms with van der Waals surface area (Å²) in [5, 5.41) is 2.47. The van der Waals surface area contributed by atoms with E-state index in [4.69, 9.17) is 23.2 Å². The number of hydrogen-bond acceptors (Lipinski definition) is 2. The van der Waals surface area contributed by atoms with Crippen molar-refractivity contribution in [2.75, 3.05) is 11.1 Å². The van der Waals surface area contributed by atoms with Crippen LogP contribution in [-0.2, 0) is 4.79 Å². The Morgan fingerprint density at radius 3 is 2.39 bits per heavy atom. The van der Waals surface area contributed by atoms with Gasteiger partial charge in [0.05, 0.1) is 10.0 Å². The van der Waals surface area contributed by atoms with Gasteiger partial charge in [-0.05, 0) is 36.1 Å². The number of carbonyl (C=O) groups is 1. The van der Waals surface area contributed by atoms with Crippen LogP contribution >= 0.6 is 35.8 Å². The Hall–Kier alpha value is -0.450. The van der Waals surface area contributed by atoms with Crippen molar-refractivity contribution in [1.29, 1.82) is 0 Å². The molecule has 0 heterocycles. The third kappa shape index (κ3) is 3.11. The van der Waals surface area contributed by atoms with Gasteiger partial charge in [0.2, 0.25) is 5.91 Å². The summed E-state index contributed by atoms with van der Waals surface area (Å²) in [6.07, 6.45) is 2.47. The lowest BCUT2D eigenvalue weighted by Gasteiger charge is -2.12. The molecule has 1 aliphatic rings. The van der Waals surface area contributed by atoms with Crippen molar-refractivity contribution >= 4 is 47.4 Å². The van der Waals surface area contributed by atoms with E-state index in [1.807, 2.05) is 0 Å². The maximum atomic E-state index is 13.2. The number of thiol groups is 1. The van der Waals surface area contributed by atoms with Gasteiger partial charge < -0.3 is 5.32 Å². The summed E-state index contributed by atoms with van der Waals surface area (Å²) >= 11 is 15.5. The smallest absolute Gasteiger partial charge is 0.224 e. The number of anilines is 1. The lowest BCUT2D eigenvalue weighted by molar-refractivity contribution is -0.117. The van der Waals surface area contributed by atoms with E-state index in [0.29, 0.717) is 17.9 Å². The molecule has 1 aromatic rings. The second-order valence-corrected chi connectivity index (χ2v) is 5.77. The first-order valence-electron chi connectivity index (χ1n) is 5.51. The highest BCUT2D eigenvalue weighted by molar-refractivity contribution is 7.80. The molecule has 6 heteroatoms. The molecule has 2 nitrogen and oxygen atoms in total. The Morgan fingerprint density at radius 1 is 1.39 bits per heavy atom. The molecule has 0 unspecified atom stereocenters. The van der Waals surface area contributed by atoms with E-state index in [1.54, 1.807) is 0 Å². The molecular weight excluding hydrogens is 296 g/mol. The Balaban J connectivity index is 2.03. The number of nitrogens with one attached hydrogen (secondary N) is 1. The molecular formula is C12H12Cl2FNOS. The van der Waals surface area contributed by atoms with Crippen LogP contribution in [0.2, 0.25) is 10.0 Å². The molecule has 1 aliphatic carbocycles. The molecule has 0 saturated heterocycles. The molecule has 0 radical (unpaired) electrons.